The first-order chi connectivity index (χ1) is 5.33. The van der Waals surface area contributed by atoms with E-state index in [1.165, 1.54) is 5.70 Å². The van der Waals surface area contributed by atoms with Gasteiger partial charge in [-0.25, -0.2) is 0 Å². The molecule has 0 aromatic carbocycles. The van der Waals surface area contributed by atoms with E-state index in [2.05, 4.69) is 16.7 Å². The molecule has 11 heavy (non-hydrogen) atoms. The zero-order valence-corrected chi connectivity index (χ0v) is 6.96. The van der Waals surface area contributed by atoms with Gasteiger partial charge in [-0.1, -0.05) is 18.2 Å². The van der Waals surface area contributed by atoms with Gasteiger partial charge in [-0.2, -0.15) is 0 Å². The summed E-state index contributed by atoms with van der Waals surface area (Å²) in [6.45, 7) is 4.04. The molecular formula is C9H14N2. The van der Waals surface area contributed by atoms with Crippen molar-refractivity contribution in [2.75, 3.05) is 0 Å². The lowest BCUT2D eigenvalue weighted by Gasteiger charge is -2.05. The van der Waals surface area contributed by atoms with Gasteiger partial charge in [0, 0.05) is 11.9 Å². The largest absolute Gasteiger partial charge is 0.367 e. The minimum Gasteiger partial charge on any atom is -0.367 e. The molecule has 0 radical (unpaired) electrons. The Bertz CT molecular complexity index is 202. The topological polar surface area (TPSA) is 24.1 Å². The lowest BCUT2D eigenvalue weighted by Crippen LogP contribution is -2.29. The van der Waals surface area contributed by atoms with Crippen LogP contribution in [0, 0.1) is 0 Å². The Kier molecular flexibility index (Phi) is 2.78. The second kappa shape index (κ2) is 3.86. The van der Waals surface area contributed by atoms with Crippen LogP contribution in [0.25, 0.3) is 0 Å². The van der Waals surface area contributed by atoms with Crippen LogP contribution in [0.4, 0.5) is 0 Å². The van der Waals surface area contributed by atoms with E-state index in [0.717, 1.165) is 0 Å². The Labute approximate surface area is 67.7 Å². The molecule has 2 N–H and O–H groups in total. The minimum atomic E-state index is 0.270. The van der Waals surface area contributed by atoms with Crippen LogP contribution in [0.15, 0.2) is 36.2 Å². The quantitative estimate of drug-likeness (QED) is 0.583. The Hall–Kier alpha value is -1.18. The Balaban J connectivity index is 2.31. The zero-order chi connectivity index (χ0) is 8.10. The molecule has 0 bridgehead atoms. The van der Waals surface area contributed by atoms with Crippen molar-refractivity contribution in [1.82, 2.24) is 10.6 Å². The minimum absolute atomic E-state index is 0.270. The first-order valence-electron chi connectivity index (χ1n) is 3.82. The molecule has 0 aromatic heterocycles. The molecule has 1 unspecified atom stereocenters. The second-order valence-electron chi connectivity index (χ2n) is 2.53. The smallest absolute Gasteiger partial charge is 0.116 e. The van der Waals surface area contributed by atoms with Gasteiger partial charge in [0.1, 0.15) is 6.17 Å². The van der Waals surface area contributed by atoms with E-state index in [4.69, 9.17) is 0 Å². The normalized spacial score (nSPS) is 23.8. The molecule has 0 fully saturated rings. The second-order valence-corrected chi connectivity index (χ2v) is 2.53. The molecule has 0 aromatic rings. The highest BCUT2D eigenvalue weighted by Crippen LogP contribution is 1.97. The molecule has 0 spiro atoms. The maximum atomic E-state index is 3.24. The van der Waals surface area contributed by atoms with Crippen LogP contribution < -0.4 is 10.6 Å². The molecule has 1 rings (SSSR count). The Morgan fingerprint density at radius 3 is 2.82 bits per heavy atom. The molecule has 1 heterocycles. The fourth-order valence-corrected chi connectivity index (χ4v) is 0.933. The van der Waals surface area contributed by atoms with Gasteiger partial charge in [-0.15, -0.1) is 0 Å². The molecule has 2 nitrogen and oxygen atoms in total. The highest BCUT2D eigenvalue weighted by molar-refractivity contribution is 5.13. The number of nitrogens with one attached hydrogen (secondary N) is 2. The van der Waals surface area contributed by atoms with Crippen molar-refractivity contribution in [3.05, 3.63) is 36.2 Å². The fraction of sp³-hybridized carbons (Fsp3) is 0.333. The summed E-state index contributed by atoms with van der Waals surface area (Å²) in [6.07, 6.45) is 10.4. The van der Waals surface area contributed by atoms with Crippen molar-refractivity contribution >= 4 is 0 Å². The fourth-order valence-electron chi connectivity index (χ4n) is 0.933. The maximum Gasteiger partial charge on any atom is 0.116 e. The summed E-state index contributed by atoms with van der Waals surface area (Å²) in [5.74, 6) is 0. The van der Waals surface area contributed by atoms with Gasteiger partial charge in [0.05, 0.1) is 0 Å². The molecule has 1 aliphatic heterocycles. The predicted octanol–water partition coefficient (Wildman–Crippen LogP) is 1.50. The third-order valence-electron chi connectivity index (χ3n) is 1.47. The summed E-state index contributed by atoms with van der Waals surface area (Å²) in [5.41, 5.74) is 1.18. The van der Waals surface area contributed by atoms with E-state index in [9.17, 15) is 0 Å². The summed E-state index contributed by atoms with van der Waals surface area (Å²) in [7, 11) is 0. The van der Waals surface area contributed by atoms with Gasteiger partial charge in [-0.3, -0.25) is 0 Å². The monoisotopic (exact) mass is 150 g/mol. The summed E-state index contributed by atoms with van der Waals surface area (Å²) in [5, 5.41) is 6.41. The summed E-state index contributed by atoms with van der Waals surface area (Å²) in [4.78, 5) is 0. The molecular weight excluding hydrogens is 136 g/mol. The van der Waals surface area contributed by atoms with Gasteiger partial charge in [0.15, 0.2) is 0 Å². The van der Waals surface area contributed by atoms with E-state index in [1.54, 1.807) is 0 Å². The van der Waals surface area contributed by atoms with Crippen LogP contribution in [0.2, 0.25) is 0 Å². The highest BCUT2D eigenvalue weighted by Gasteiger charge is 2.05. The number of rotatable bonds is 2. The van der Waals surface area contributed by atoms with Crippen molar-refractivity contribution < 1.29 is 0 Å². The summed E-state index contributed by atoms with van der Waals surface area (Å²) in [6, 6.07) is 0. The van der Waals surface area contributed by atoms with Gasteiger partial charge < -0.3 is 10.6 Å². The SMILES string of the molecule is C/C=C\C=C/C1NC=C(C)N1. The number of allylic oxidation sites excluding steroid dienone is 4. The first kappa shape index (κ1) is 7.92. The van der Waals surface area contributed by atoms with Gasteiger partial charge in [0.25, 0.3) is 0 Å². The van der Waals surface area contributed by atoms with Crippen molar-refractivity contribution in [2.24, 2.45) is 0 Å². The summed E-state index contributed by atoms with van der Waals surface area (Å²) >= 11 is 0. The van der Waals surface area contributed by atoms with E-state index in [-0.39, 0.29) is 6.17 Å². The number of hydrogen-bond acceptors (Lipinski definition) is 2. The third kappa shape index (κ3) is 2.50. The molecule has 60 valence electrons. The van der Waals surface area contributed by atoms with Crippen LogP contribution in [-0.2, 0) is 0 Å². The van der Waals surface area contributed by atoms with Crippen molar-refractivity contribution in [3.63, 3.8) is 0 Å². The summed E-state index contributed by atoms with van der Waals surface area (Å²) < 4.78 is 0. The Morgan fingerprint density at radius 1 is 1.45 bits per heavy atom. The van der Waals surface area contributed by atoms with Crippen LogP contribution in [-0.4, -0.2) is 6.17 Å². The third-order valence-corrected chi connectivity index (χ3v) is 1.47. The lowest BCUT2D eigenvalue weighted by molar-refractivity contribution is 0.673. The molecule has 2 heteroatoms. The predicted molar refractivity (Wildman–Crippen MR) is 47.8 cm³/mol. The van der Waals surface area contributed by atoms with Gasteiger partial charge in [-0.05, 0) is 19.9 Å². The van der Waals surface area contributed by atoms with Crippen LogP contribution in [0.5, 0.6) is 0 Å². The molecule has 0 aliphatic carbocycles. The number of hydrogen-bond donors (Lipinski definition) is 2. The molecule has 1 atom stereocenters. The van der Waals surface area contributed by atoms with Crippen molar-refractivity contribution in [1.29, 1.82) is 0 Å². The molecule has 0 saturated carbocycles. The van der Waals surface area contributed by atoms with E-state index >= 15 is 0 Å². The van der Waals surface area contributed by atoms with Crippen LogP contribution in [0.1, 0.15) is 13.8 Å². The average molecular weight is 150 g/mol. The highest BCUT2D eigenvalue weighted by atomic mass is 15.2. The molecule has 0 saturated heterocycles. The standard InChI is InChI=1S/C9H14N2/c1-3-4-5-6-9-10-7-8(2)11-9/h3-7,9-11H,1-2H3/b4-3-,6-5-. The van der Waals surface area contributed by atoms with Crippen LogP contribution in [0.3, 0.4) is 0 Å². The van der Waals surface area contributed by atoms with Gasteiger partial charge >= 0.3 is 0 Å². The van der Waals surface area contributed by atoms with Crippen molar-refractivity contribution in [3.8, 4) is 0 Å². The van der Waals surface area contributed by atoms with E-state index in [0.29, 0.717) is 0 Å². The Morgan fingerprint density at radius 2 is 2.27 bits per heavy atom. The maximum absolute atomic E-state index is 3.24. The lowest BCUT2D eigenvalue weighted by atomic mass is 10.4. The van der Waals surface area contributed by atoms with Gasteiger partial charge in [0.2, 0.25) is 0 Å². The molecule has 0 amide bonds. The van der Waals surface area contributed by atoms with Crippen molar-refractivity contribution in [2.45, 2.75) is 20.0 Å². The first-order valence-corrected chi connectivity index (χ1v) is 3.82. The molecule has 1 aliphatic rings. The van der Waals surface area contributed by atoms with E-state index < -0.39 is 0 Å². The van der Waals surface area contributed by atoms with E-state index in [1.807, 2.05) is 38.3 Å². The van der Waals surface area contributed by atoms with Crippen LogP contribution >= 0.6 is 0 Å². The average Bonchev–Trinajstić information content (AvgIpc) is 2.37. The zero-order valence-electron chi connectivity index (χ0n) is 6.96.